The molecule has 0 aliphatic rings. The van der Waals surface area contributed by atoms with Crippen molar-refractivity contribution in [1.29, 1.82) is 0 Å². The minimum Gasteiger partial charge on any atom is -0.496 e. The number of methoxy groups -OCH3 is 1. The van der Waals surface area contributed by atoms with Crippen LogP contribution in [0.15, 0.2) is 18.2 Å². The molecule has 0 radical (unpaired) electrons. The first-order valence-corrected chi connectivity index (χ1v) is 5.90. The van der Waals surface area contributed by atoms with E-state index in [9.17, 15) is 4.57 Å². The Morgan fingerprint density at radius 3 is 2.57 bits per heavy atom. The number of hydrogen-bond acceptors (Lipinski definition) is 2. The van der Waals surface area contributed by atoms with E-state index in [0.717, 1.165) is 5.56 Å². The Morgan fingerprint density at radius 1 is 1.43 bits per heavy atom. The van der Waals surface area contributed by atoms with E-state index < -0.39 is 7.60 Å². The van der Waals surface area contributed by atoms with E-state index >= 15 is 0 Å². The van der Waals surface area contributed by atoms with Crippen molar-refractivity contribution in [3.05, 3.63) is 29.3 Å². The van der Waals surface area contributed by atoms with Crippen molar-refractivity contribution < 1.29 is 19.1 Å². The third-order valence-electron chi connectivity index (χ3n) is 1.81. The van der Waals surface area contributed by atoms with Crippen LogP contribution in [0.3, 0.4) is 0 Å². The van der Waals surface area contributed by atoms with Gasteiger partial charge in [0.05, 0.1) is 13.3 Å². The van der Waals surface area contributed by atoms with Crippen molar-refractivity contribution in [3.63, 3.8) is 0 Å². The molecule has 0 saturated carbocycles. The maximum atomic E-state index is 10.8. The molecule has 1 aromatic rings. The average Bonchev–Trinajstić information content (AvgIpc) is 2.01. The third kappa shape index (κ3) is 3.14. The lowest BCUT2D eigenvalue weighted by Crippen LogP contribution is -1.93. The lowest BCUT2D eigenvalue weighted by atomic mass is 10.1. The zero-order chi connectivity index (χ0) is 10.8. The summed E-state index contributed by atoms with van der Waals surface area (Å²) in [4.78, 5) is 17.7. The molecule has 0 aliphatic heterocycles. The van der Waals surface area contributed by atoms with Crippen molar-refractivity contribution in [3.8, 4) is 5.75 Å². The minimum absolute atomic E-state index is 0.280. The number of hydrogen-bond donors (Lipinski definition) is 2. The SMILES string of the molecule is COc1ccc(C)cc1CP(=O)(O)O. The molecule has 0 aliphatic carbocycles. The van der Waals surface area contributed by atoms with Gasteiger partial charge in [-0.25, -0.2) is 0 Å². The number of aryl methyl sites for hydroxylation is 1. The molecule has 14 heavy (non-hydrogen) atoms. The van der Waals surface area contributed by atoms with E-state index in [1.54, 1.807) is 12.1 Å². The van der Waals surface area contributed by atoms with E-state index in [2.05, 4.69) is 0 Å². The van der Waals surface area contributed by atoms with Crippen molar-refractivity contribution in [2.45, 2.75) is 13.1 Å². The maximum absolute atomic E-state index is 10.8. The zero-order valence-electron chi connectivity index (χ0n) is 8.10. The van der Waals surface area contributed by atoms with Gasteiger partial charge in [-0.3, -0.25) is 4.57 Å². The Kier molecular flexibility index (Phi) is 3.32. The van der Waals surface area contributed by atoms with Crippen LogP contribution in [-0.2, 0) is 10.7 Å². The molecule has 78 valence electrons. The van der Waals surface area contributed by atoms with E-state index in [-0.39, 0.29) is 6.16 Å². The monoisotopic (exact) mass is 216 g/mol. The van der Waals surface area contributed by atoms with Gasteiger partial charge in [-0.1, -0.05) is 17.7 Å². The summed E-state index contributed by atoms with van der Waals surface area (Å²) < 4.78 is 15.8. The molecule has 4 nitrogen and oxygen atoms in total. The second-order valence-corrected chi connectivity index (χ2v) is 4.78. The fraction of sp³-hybridized carbons (Fsp3) is 0.333. The summed E-state index contributed by atoms with van der Waals surface area (Å²) >= 11 is 0. The molecule has 0 atom stereocenters. The standard InChI is InChI=1S/C9H13O4P/c1-7-3-4-9(13-2)8(5-7)6-14(10,11)12/h3-5H,6H2,1-2H3,(H2,10,11,12). The molecule has 0 unspecified atom stereocenters. The second kappa shape index (κ2) is 4.13. The highest BCUT2D eigenvalue weighted by molar-refractivity contribution is 7.50. The normalized spacial score (nSPS) is 11.4. The number of ether oxygens (including phenoxy) is 1. The van der Waals surface area contributed by atoms with Gasteiger partial charge in [-0.2, -0.15) is 0 Å². The predicted molar refractivity (Wildman–Crippen MR) is 53.5 cm³/mol. The van der Waals surface area contributed by atoms with Crippen LogP contribution >= 0.6 is 7.60 Å². The average molecular weight is 216 g/mol. The Balaban J connectivity index is 3.05. The van der Waals surface area contributed by atoms with Crippen molar-refractivity contribution >= 4 is 7.60 Å². The van der Waals surface area contributed by atoms with Crippen LogP contribution in [-0.4, -0.2) is 16.9 Å². The van der Waals surface area contributed by atoms with Gasteiger partial charge in [0.25, 0.3) is 0 Å². The van der Waals surface area contributed by atoms with Crippen molar-refractivity contribution in [2.75, 3.05) is 7.11 Å². The van der Waals surface area contributed by atoms with E-state index in [0.29, 0.717) is 11.3 Å². The molecule has 0 aromatic heterocycles. The fourth-order valence-corrected chi connectivity index (χ4v) is 1.94. The topological polar surface area (TPSA) is 66.8 Å². The van der Waals surface area contributed by atoms with Gasteiger partial charge >= 0.3 is 7.60 Å². The van der Waals surface area contributed by atoms with Crippen LogP contribution in [0.5, 0.6) is 5.75 Å². The quantitative estimate of drug-likeness (QED) is 0.754. The summed E-state index contributed by atoms with van der Waals surface area (Å²) in [5, 5.41) is 0. The molecule has 2 N–H and O–H groups in total. The van der Waals surface area contributed by atoms with Gasteiger partial charge < -0.3 is 14.5 Å². The first-order chi connectivity index (χ1) is 6.42. The van der Waals surface area contributed by atoms with Gasteiger partial charge in [-0.15, -0.1) is 0 Å². The van der Waals surface area contributed by atoms with Crippen LogP contribution in [0.2, 0.25) is 0 Å². The van der Waals surface area contributed by atoms with Crippen molar-refractivity contribution in [2.24, 2.45) is 0 Å². The highest BCUT2D eigenvalue weighted by Crippen LogP contribution is 2.41. The summed E-state index contributed by atoms with van der Waals surface area (Å²) in [5.74, 6) is 0.513. The zero-order valence-corrected chi connectivity index (χ0v) is 8.99. The molecule has 0 bridgehead atoms. The van der Waals surface area contributed by atoms with Gasteiger partial charge in [0.1, 0.15) is 5.75 Å². The molecule has 0 fully saturated rings. The van der Waals surface area contributed by atoms with Crippen LogP contribution in [0, 0.1) is 6.92 Å². The van der Waals surface area contributed by atoms with Crippen LogP contribution in [0.4, 0.5) is 0 Å². The van der Waals surface area contributed by atoms with Crippen LogP contribution < -0.4 is 4.74 Å². The van der Waals surface area contributed by atoms with Crippen molar-refractivity contribution in [1.82, 2.24) is 0 Å². The second-order valence-electron chi connectivity index (χ2n) is 3.14. The number of rotatable bonds is 3. The molecule has 0 saturated heterocycles. The third-order valence-corrected chi connectivity index (χ3v) is 2.56. The largest absolute Gasteiger partial charge is 0.496 e. The minimum atomic E-state index is -4.03. The predicted octanol–water partition coefficient (Wildman–Crippen LogP) is 1.68. The van der Waals surface area contributed by atoms with Crippen LogP contribution in [0.1, 0.15) is 11.1 Å². The van der Waals surface area contributed by atoms with Gasteiger partial charge in [0.15, 0.2) is 0 Å². The highest BCUT2D eigenvalue weighted by atomic mass is 31.2. The van der Waals surface area contributed by atoms with Gasteiger partial charge in [0.2, 0.25) is 0 Å². The molecule has 5 heteroatoms. The first-order valence-electron chi connectivity index (χ1n) is 4.10. The fourth-order valence-electron chi connectivity index (χ4n) is 1.25. The summed E-state index contributed by atoms with van der Waals surface area (Å²) in [6.45, 7) is 1.86. The summed E-state index contributed by atoms with van der Waals surface area (Å²) in [6, 6.07) is 5.26. The molecule has 0 amide bonds. The molecule has 0 spiro atoms. The maximum Gasteiger partial charge on any atom is 0.330 e. The summed E-state index contributed by atoms with van der Waals surface area (Å²) in [6.07, 6.45) is -0.280. The summed E-state index contributed by atoms with van der Waals surface area (Å²) in [5.41, 5.74) is 1.50. The van der Waals surface area contributed by atoms with Crippen LogP contribution in [0.25, 0.3) is 0 Å². The highest BCUT2D eigenvalue weighted by Gasteiger charge is 2.17. The first kappa shape index (κ1) is 11.2. The van der Waals surface area contributed by atoms with E-state index in [1.807, 2.05) is 13.0 Å². The molecular weight excluding hydrogens is 203 g/mol. The summed E-state index contributed by atoms with van der Waals surface area (Å²) in [7, 11) is -2.55. The number of benzene rings is 1. The molecule has 1 aromatic carbocycles. The molecule has 0 heterocycles. The van der Waals surface area contributed by atoms with E-state index in [1.165, 1.54) is 7.11 Å². The lowest BCUT2D eigenvalue weighted by molar-refractivity contribution is 0.368. The Morgan fingerprint density at radius 2 is 2.07 bits per heavy atom. The molecule has 1 rings (SSSR count). The lowest BCUT2D eigenvalue weighted by Gasteiger charge is -2.10. The molecular formula is C9H13O4P. The Hall–Kier alpha value is -0.830. The van der Waals surface area contributed by atoms with Gasteiger partial charge in [-0.05, 0) is 13.0 Å². The van der Waals surface area contributed by atoms with Gasteiger partial charge in [0, 0.05) is 5.56 Å². The Labute approximate surface area is 82.7 Å². The van der Waals surface area contributed by atoms with E-state index in [4.69, 9.17) is 14.5 Å². The smallest absolute Gasteiger partial charge is 0.330 e. The Bertz CT molecular complexity index is 369.